The lowest BCUT2D eigenvalue weighted by molar-refractivity contribution is -0.142. The van der Waals surface area contributed by atoms with E-state index in [9.17, 15) is 9.59 Å². The molecular weight excluding hydrogens is 380 g/mol. The minimum absolute atomic E-state index is 0.195. The summed E-state index contributed by atoms with van der Waals surface area (Å²) in [6.45, 7) is 9.58. The third-order valence-electron chi connectivity index (χ3n) is 4.52. The molecule has 1 N–H and O–H groups in total. The van der Waals surface area contributed by atoms with Gasteiger partial charge in [-0.2, -0.15) is 0 Å². The van der Waals surface area contributed by atoms with Crippen LogP contribution >= 0.6 is 0 Å². The highest BCUT2D eigenvalue weighted by Crippen LogP contribution is 2.26. The lowest BCUT2D eigenvalue weighted by atomic mass is 10.1. The Kier molecular flexibility index (Phi) is 7.86. The molecular formula is C24H32N2O4. The lowest BCUT2D eigenvalue weighted by Gasteiger charge is -2.31. The molecule has 0 aliphatic heterocycles. The number of ether oxygens (including phenoxy) is 2. The zero-order valence-corrected chi connectivity index (χ0v) is 18.7. The van der Waals surface area contributed by atoms with E-state index in [0.717, 1.165) is 11.1 Å². The molecule has 0 bridgehead atoms. The van der Waals surface area contributed by atoms with E-state index in [-0.39, 0.29) is 18.4 Å². The summed E-state index contributed by atoms with van der Waals surface area (Å²) in [5.41, 5.74) is 1.66. The van der Waals surface area contributed by atoms with Gasteiger partial charge in [-0.25, -0.2) is 0 Å². The Morgan fingerprint density at radius 3 is 2.33 bits per heavy atom. The summed E-state index contributed by atoms with van der Waals surface area (Å²) in [6, 6.07) is 14.4. The van der Waals surface area contributed by atoms with Crippen molar-refractivity contribution in [2.24, 2.45) is 0 Å². The molecule has 6 nitrogen and oxygen atoms in total. The zero-order chi connectivity index (χ0) is 22.3. The van der Waals surface area contributed by atoms with Gasteiger partial charge in [0.25, 0.3) is 5.91 Å². The van der Waals surface area contributed by atoms with Crippen LogP contribution in [0.4, 0.5) is 0 Å². The van der Waals surface area contributed by atoms with Crippen molar-refractivity contribution in [3.05, 3.63) is 59.7 Å². The van der Waals surface area contributed by atoms with Gasteiger partial charge in [-0.15, -0.1) is 0 Å². The van der Waals surface area contributed by atoms with Crippen LogP contribution in [0.1, 0.15) is 38.8 Å². The molecule has 0 fully saturated rings. The number of benzene rings is 2. The highest BCUT2D eigenvalue weighted by atomic mass is 16.5. The number of para-hydroxylation sites is 2. The number of amides is 2. The summed E-state index contributed by atoms with van der Waals surface area (Å²) in [7, 11) is 1.55. The largest absolute Gasteiger partial charge is 0.493 e. The quantitative estimate of drug-likeness (QED) is 0.718. The summed E-state index contributed by atoms with van der Waals surface area (Å²) in [5.74, 6) is 0.546. The topological polar surface area (TPSA) is 67.9 Å². The molecule has 0 aliphatic rings. The number of carbonyl (C=O) groups excluding carboxylic acids is 2. The summed E-state index contributed by atoms with van der Waals surface area (Å²) in [5, 5.41) is 2.95. The molecule has 1 unspecified atom stereocenters. The molecule has 2 aromatic carbocycles. The lowest BCUT2D eigenvalue weighted by Crippen LogP contribution is -2.53. The first-order valence-corrected chi connectivity index (χ1v) is 10.0. The van der Waals surface area contributed by atoms with Gasteiger partial charge in [-0.05, 0) is 52.3 Å². The minimum Gasteiger partial charge on any atom is -0.493 e. The highest BCUT2D eigenvalue weighted by Gasteiger charge is 2.28. The summed E-state index contributed by atoms with van der Waals surface area (Å²) in [6.07, 6.45) is 0. The number of nitrogens with zero attached hydrogens (tertiary/aromatic N) is 1. The second-order valence-corrected chi connectivity index (χ2v) is 8.37. The molecule has 0 aromatic heterocycles. The van der Waals surface area contributed by atoms with Crippen LogP contribution in [0.3, 0.4) is 0 Å². The molecule has 0 aliphatic carbocycles. The highest BCUT2D eigenvalue weighted by molar-refractivity contribution is 5.88. The van der Waals surface area contributed by atoms with Crippen molar-refractivity contribution in [1.29, 1.82) is 0 Å². The Labute approximate surface area is 179 Å². The monoisotopic (exact) mass is 412 g/mol. The first-order valence-electron chi connectivity index (χ1n) is 10.0. The van der Waals surface area contributed by atoms with Crippen LogP contribution in [-0.4, -0.2) is 42.0 Å². The molecule has 2 aromatic rings. The van der Waals surface area contributed by atoms with E-state index in [1.54, 1.807) is 31.1 Å². The summed E-state index contributed by atoms with van der Waals surface area (Å²) in [4.78, 5) is 27.4. The predicted molar refractivity (Wildman–Crippen MR) is 118 cm³/mol. The molecule has 0 heterocycles. The van der Waals surface area contributed by atoms with Crippen molar-refractivity contribution in [3.8, 4) is 11.5 Å². The summed E-state index contributed by atoms with van der Waals surface area (Å²) >= 11 is 0. The van der Waals surface area contributed by atoms with Gasteiger partial charge < -0.3 is 19.7 Å². The Balaban J connectivity index is 2.20. The van der Waals surface area contributed by atoms with Gasteiger partial charge in [0.2, 0.25) is 5.91 Å². The van der Waals surface area contributed by atoms with Crippen LogP contribution < -0.4 is 14.8 Å². The van der Waals surface area contributed by atoms with Crippen LogP contribution in [0.25, 0.3) is 0 Å². The predicted octanol–water partition coefficient (Wildman–Crippen LogP) is 3.71. The van der Waals surface area contributed by atoms with E-state index in [2.05, 4.69) is 5.32 Å². The first kappa shape index (κ1) is 23.3. The second kappa shape index (κ2) is 10.1. The fraction of sp³-hybridized carbons (Fsp3) is 0.417. The molecule has 6 heteroatoms. The van der Waals surface area contributed by atoms with Gasteiger partial charge in [0.15, 0.2) is 18.1 Å². The van der Waals surface area contributed by atoms with E-state index in [0.29, 0.717) is 18.0 Å². The van der Waals surface area contributed by atoms with Crippen molar-refractivity contribution in [3.63, 3.8) is 0 Å². The van der Waals surface area contributed by atoms with Gasteiger partial charge in [0.05, 0.1) is 7.11 Å². The van der Waals surface area contributed by atoms with Crippen LogP contribution in [0.15, 0.2) is 48.5 Å². The molecule has 162 valence electrons. The van der Waals surface area contributed by atoms with Crippen LogP contribution in [0.2, 0.25) is 0 Å². The Morgan fingerprint density at radius 2 is 1.73 bits per heavy atom. The number of methoxy groups -OCH3 is 1. The van der Waals surface area contributed by atoms with E-state index in [4.69, 9.17) is 9.47 Å². The second-order valence-electron chi connectivity index (χ2n) is 8.37. The number of aryl methyl sites for hydroxylation is 1. The molecule has 0 saturated carbocycles. The van der Waals surface area contributed by atoms with Gasteiger partial charge in [0, 0.05) is 12.1 Å². The Hall–Kier alpha value is -3.02. The average molecular weight is 413 g/mol. The van der Waals surface area contributed by atoms with Crippen molar-refractivity contribution in [1.82, 2.24) is 10.2 Å². The van der Waals surface area contributed by atoms with Gasteiger partial charge in [-0.1, -0.05) is 42.0 Å². The molecule has 2 rings (SSSR count). The van der Waals surface area contributed by atoms with Crippen molar-refractivity contribution >= 4 is 11.8 Å². The van der Waals surface area contributed by atoms with E-state index in [1.165, 1.54) is 0 Å². The summed E-state index contributed by atoms with van der Waals surface area (Å²) < 4.78 is 11.0. The third-order valence-corrected chi connectivity index (χ3v) is 4.52. The van der Waals surface area contributed by atoms with Gasteiger partial charge in [-0.3, -0.25) is 9.59 Å². The first-order chi connectivity index (χ1) is 14.1. The van der Waals surface area contributed by atoms with Gasteiger partial charge in [0.1, 0.15) is 6.04 Å². The fourth-order valence-electron chi connectivity index (χ4n) is 3.02. The van der Waals surface area contributed by atoms with Gasteiger partial charge >= 0.3 is 0 Å². The maximum atomic E-state index is 13.1. The normalized spacial score (nSPS) is 12.1. The smallest absolute Gasteiger partial charge is 0.261 e. The van der Waals surface area contributed by atoms with Crippen molar-refractivity contribution in [2.75, 3.05) is 13.7 Å². The van der Waals surface area contributed by atoms with Crippen LogP contribution in [0, 0.1) is 6.92 Å². The molecule has 0 radical (unpaired) electrons. The fourth-order valence-corrected chi connectivity index (χ4v) is 3.02. The zero-order valence-electron chi connectivity index (χ0n) is 18.7. The molecule has 1 atom stereocenters. The molecule has 2 amide bonds. The molecule has 30 heavy (non-hydrogen) atoms. The number of hydrogen-bond acceptors (Lipinski definition) is 4. The standard InChI is InChI=1S/C24H32N2O4/c1-17-10-9-11-19(14-17)15-26(18(2)23(28)25-24(3,4)5)22(27)16-30-21-13-8-7-12-20(21)29-6/h7-14,18H,15-16H2,1-6H3,(H,25,28). The number of carbonyl (C=O) groups is 2. The number of nitrogens with one attached hydrogen (secondary N) is 1. The van der Waals surface area contributed by atoms with Crippen molar-refractivity contribution < 1.29 is 19.1 Å². The number of rotatable bonds is 8. The molecule has 0 spiro atoms. The Morgan fingerprint density at radius 1 is 1.07 bits per heavy atom. The third kappa shape index (κ3) is 6.79. The van der Waals surface area contributed by atoms with E-state index < -0.39 is 11.6 Å². The van der Waals surface area contributed by atoms with E-state index >= 15 is 0 Å². The maximum absolute atomic E-state index is 13.1. The Bertz CT molecular complexity index is 874. The van der Waals surface area contributed by atoms with E-state index in [1.807, 2.05) is 64.1 Å². The number of hydrogen-bond donors (Lipinski definition) is 1. The van der Waals surface area contributed by atoms with Crippen LogP contribution in [0.5, 0.6) is 11.5 Å². The minimum atomic E-state index is -0.654. The SMILES string of the molecule is COc1ccccc1OCC(=O)N(Cc1cccc(C)c1)C(C)C(=O)NC(C)(C)C. The maximum Gasteiger partial charge on any atom is 0.261 e. The van der Waals surface area contributed by atoms with Crippen LogP contribution in [-0.2, 0) is 16.1 Å². The molecule has 0 saturated heterocycles. The van der Waals surface area contributed by atoms with Crippen molar-refractivity contribution in [2.45, 2.75) is 52.7 Å². The average Bonchev–Trinajstić information content (AvgIpc) is 2.68.